The lowest BCUT2D eigenvalue weighted by molar-refractivity contribution is 0.661. The van der Waals surface area contributed by atoms with E-state index < -0.39 is 0 Å². The quantitative estimate of drug-likeness (QED) is 0.207. The van der Waals surface area contributed by atoms with E-state index >= 15 is 0 Å². The highest BCUT2D eigenvalue weighted by molar-refractivity contribution is 6.21. The Bertz CT molecular complexity index is 2380. The SMILES string of the molecule is Cn1c2ccccc2c2c3c(cc(-c4ccc5c(c4)c4ccccc4n5-c4ccccc4)c21)C(C)(C)c1ccccc1-3. The molecule has 0 fully saturated rings. The van der Waals surface area contributed by atoms with E-state index in [2.05, 4.69) is 157 Å². The average molecular weight is 539 g/mol. The third kappa shape index (κ3) is 2.94. The third-order valence-electron chi connectivity index (χ3n) is 9.71. The Morgan fingerprint density at radius 2 is 1.19 bits per heavy atom. The molecule has 1 aliphatic rings. The fourth-order valence-corrected chi connectivity index (χ4v) is 7.76. The van der Waals surface area contributed by atoms with Crippen LogP contribution >= 0.6 is 0 Å². The molecule has 0 aliphatic heterocycles. The second-order valence-corrected chi connectivity index (χ2v) is 12.2. The van der Waals surface area contributed by atoms with Crippen molar-refractivity contribution >= 4 is 43.6 Å². The van der Waals surface area contributed by atoms with Crippen molar-refractivity contribution in [2.75, 3.05) is 0 Å². The zero-order chi connectivity index (χ0) is 28.2. The lowest BCUT2D eigenvalue weighted by Crippen LogP contribution is -2.15. The number of hydrogen-bond acceptors (Lipinski definition) is 0. The Morgan fingerprint density at radius 3 is 2.02 bits per heavy atom. The second kappa shape index (κ2) is 8.24. The highest BCUT2D eigenvalue weighted by Crippen LogP contribution is 2.55. The number of para-hydroxylation sites is 3. The molecule has 6 aromatic carbocycles. The van der Waals surface area contributed by atoms with Crippen LogP contribution in [0.5, 0.6) is 0 Å². The van der Waals surface area contributed by atoms with Gasteiger partial charge in [-0.15, -0.1) is 0 Å². The Hall–Kier alpha value is -5.08. The maximum atomic E-state index is 2.49. The van der Waals surface area contributed by atoms with Gasteiger partial charge in [-0.1, -0.05) is 98.8 Å². The van der Waals surface area contributed by atoms with Crippen molar-refractivity contribution < 1.29 is 0 Å². The van der Waals surface area contributed by atoms with E-state index in [0.29, 0.717) is 0 Å². The summed E-state index contributed by atoms with van der Waals surface area (Å²) in [5.74, 6) is 0. The van der Waals surface area contributed by atoms with Crippen molar-refractivity contribution in [1.82, 2.24) is 9.13 Å². The number of aromatic nitrogens is 2. The van der Waals surface area contributed by atoms with Crippen molar-refractivity contribution in [2.45, 2.75) is 19.3 Å². The van der Waals surface area contributed by atoms with Gasteiger partial charge < -0.3 is 9.13 Å². The van der Waals surface area contributed by atoms with Crippen LogP contribution in [0.15, 0.2) is 127 Å². The van der Waals surface area contributed by atoms with E-state index in [4.69, 9.17) is 0 Å². The second-order valence-electron chi connectivity index (χ2n) is 12.2. The van der Waals surface area contributed by atoms with Crippen LogP contribution in [0.3, 0.4) is 0 Å². The molecule has 0 saturated heterocycles. The van der Waals surface area contributed by atoms with Gasteiger partial charge in [-0.25, -0.2) is 0 Å². The molecule has 0 spiro atoms. The minimum Gasteiger partial charge on any atom is -0.343 e. The van der Waals surface area contributed by atoms with E-state index in [1.807, 2.05) is 0 Å². The summed E-state index contributed by atoms with van der Waals surface area (Å²) in [6, 6.07) is 46.9. The first-order valence-corrected chi connectivity index (χ1v) is 14.8. The van der Waals surface area contributed by atoms with Crippen LogP contribution in [0, 0.1) is 0 Å². The van der Waals surface area contributed by atoms with Gasteiger partial charge in [0.05, 0.1) is 16.6 Å². The topological polar surface area (TPSA) is 9.86 Å². The molecule has 2 aromatic heterocycles. The highest BCUT2D eigenvalue weighted by atomic mass is 15.0. The first-order valence-electron chi connectivity index (χ1n) is 14.8. The smallest absolute Gasteiger partial charge is 0.0574 e. The lowest BCUT2D eigenvalue weighted by Gasteiger charge is -2.22. The Labute approximate surface area is 245 Å². The molecule has 2 heteroatoms. The van der Waals surface area contributed by atoms with E-state index in [9.17, 15) is 0 Å². The molecule has 8 aromatic rings. The molecule has 0 bridgehead atoms. The number of benzene rings is 6. The molecule has 2 nitrogen and oxygen atoms in total. The molecule has 0 saturated carbocycles. The molecular formula is C40H30N2. The Morgan fingerprint density at radius 1 is 0.524 bits per heavy atom. The molecule has 200 valence electrons. The highest BCUT2D eigenvalue weighted by Gasteiger charge is 2.38. The van der Waals surface area contributed by atoms with Gasteiger partial charge >= 0.3 is 0 Å². The minimum atomic E-state index is -0.0841. The maximum absolute atomic E-state index is 2.49. The standard InChI is InChI=1S/C40H30N2/c1-40(2)32-18-10-7-16-28(32)37-33(40)24-30(39-38(37)29-17-9-11-19-34(29)41(39)3)25-21-22-36-31(23-25)27-15-8-12-20-35(27)42(36)26-13-5-4-6-14-26/h4-24H,1-3H3. The molecule has 42 heavy (non-hydrogen) atoms. The minimum absolute atomic E-state index is 0.0841. The third-order valence-corrected chi connectivity index (χ3v) is 9.71. The molecule has 0 radical (unpaired) electrons. The van der Waals surface area contributed by atoms with Crippen LogP contribution < -0.4 is 0 Å². The zero-order valence-corrected chi connectivity index (χ0v) is 24.0. The molecule has 0 atom stereocenters. The summed E-state index contributed by atoms with van der Waals surface area (Å²) in [5.41, 5.74) is 14.3. The first kappa shape index (κ1) is 23.6. The van der Waals surface area contributed by atoms with Crippen LogP contribution in [0.1, 0.15) is 25.0 Å². The first-order chi connectivity index (χ1) is 20.5. The summed E-state index contributed by atoms with van der Waals surface area (Å²) >= 11 is 0. The molecule has 9 rings (SSSR count). The van der Waals surface area contributed by atoms with Crippen LogP contribution in [0.4, 0.5) is 0 Å². The number of hydrogen-bond donors (Lipinski definition) is 0. The molecule has 0 unspecified atom stereocenters. The lowest BCUT2D eigenvalue weighted by atomic mass is 9.81. The molecular weight excluding hydrogens is 508 g/mol. The van der Waals surface area contributed by atoms with Crippen LogP contribution in [-0.4, -0.2) is 9.13 Å². The van der Waals surface area contributed by atoms with Gasteiger partial charge in [0.1, 0.15) is 0 Å². The van der Waals surface area contributed by atoms with Crippen LogP contribution in [0.2, 0.25) is 0 Å². The normalized spacial score (nSPS) is 13.8. The van der Waals surface area contributed by atoms with Crippen molar-refractivity contribution in [3.63, 3.8) is 0 Å². The molecule has 0 amide bonds. The summed E-state index contributed by atoms with van der Waals surface area (Å²) in [6.45, 7) is 4.77. The number of rotatable bonds is 2. The average Bonchev–Trinajstić information content (AvgIpc) is 3.61. The summed E-state index contributed by atoms with van der Waals surface area (Å²) in [6.07, 6.45) is 0. The fraction of sp³-hybridized carbons (Fsp3) is 0.100. The monoisotopic (exact) mass is 538 g/mol. The predicted molar refractivity (Wildman–Crippen MR) is 178 cm³/mol. The van der Waals surface area contributed by atoms with Crippen molar-refractivity contribution in [3.8, 4) is 27.9 Å². The summed E-state index contributed by atoms with van der Waals surface area (Å²) < 4.78 is 4.80. The van der Waals surface area contributed by atoms with Crippen molar-refractivity contribution in [3.05, 3.63) is 139 Å². The van der Waals surface area contributed by atoms with E-state index in [0.717, 1.165) is 0 Å². The van der Waals surface area contributed by atoms with Gasteiger partial charge in [-0.2, -0.15) is 0 Å². The van der Waals surface area contributed by atoms with Crippen LogP contribution in [-0.2, 0) is 12.5 Å². The Balaban J connectivity index is 1.41. The summed E-state index contributed by atoms with van der Waals surface area (Å²) in [7, 11) is 2.23. The molecule has 1 aliphatic carbocycles. The summed E-state index contributed by atoms with van der Waals surface area (Å²) in [4.78, 5) is 0. The molecule has 0 N–H and O–H groups in total. The van der Waals surface area contributed by atoms with Gasteiger partial charge in [0.2, 0.25) is 0 Å². The van der Waals surface area contributed by atoms with Gasteiger partial charge in [0, 0.05) is 50.8 Å². The van der Waals surface area contributed by atoms with E-state index in [1.54, 1.807) is 0 Å². The number of fused-ring (bicyclic) bond motifs is 10. The summed E-state index contributed by atoms with van der Waals surface area (Å²) in [5, 5.41) is 5.25. The van der Waals surface area contributed by atoms with Crippen LogP contribution in [0.25, 0.3) is 71.6 Å². The van der Waals surface area contributed by atoms with Crippen molar-refractivity contribution in [2.24, 2.45) is 7.05 Å². The van der Waals surface area contributed by atoms with Gasteiger partial charge in [-0.05, 0) is 70.3 Å². The fourth-order valence-electron chi connectivity index (χ4n) is 7.76. The number of aryl methyl sites for hydroxylation is 1. The maximum Gasteiger partial charge on any atom is 0.0574 e. The number of nitrogens with zero attached hydrogens (tertiary/aromatic N) is 2. The Kier molecular flexibility index (Phi) is 4.63. The van der Waals surface area contributed by atoms with Gasteiger partial charge in [0.25, 0.3) is 0 Å². The zero-order valence-electron chi connectivity index (χ0n) is 24.0. The molecule has 2 heterocycles. The van der Waals surface area contributed by atoms with Gasteiger partial charge in [-0.3, -0.25) is 0 Å². The largest absolute Gasteiger partial charge is 0.343 e. The van der Waals surface area contributed by atoms with Crippen molar-refractivity contribution in [1.29, 1.82) is 0 Å². The van der Waals surface area contributed by atoms with Gasteiger partial charge in [0.15, 0.2) is 0 Å². The predicted octanol–water partition coefficient (Wildman–Crippen LogP) is 10.4. The van der Waals surface area contributed by atoms with E-state index in [-0.39, 0.29) is 5.41 Å². The van der Waals surface area contributed by atoms with E-state index in [1.165, 1.54) is 82.7 Å².